The maximum absolute atomic E-state index is 13.2. The second-order valence-corrected chi connectivity index (χ2v) is 6.58. The summed E-state index contributed by atoms with van der Waals surface area (Å²) in [5.41, 5.74) is 1.00. The third-order valence-corrected chi connectivity index (χ3v) is 4.80. The van der Waals surface area contributed by atoms with Gasteiger partial charge in [-0.05, 0) is 41.8 Å². The van der Waals surface area contributed by atoms with Crippen molar-refractivity contribution in [1.29, 1.82) is 0 Å². The molecular formula is C24H19NO3. The quantitative estimate of drug-likeness (QED) is 0.719. The summed E-state index contributed by atoms with van der Waals surface area (Å²) in [4.78, 5) is 14.8. The number of hydrogen-bond donors (Lipinski definition) is 1. The van der Waals surface area contributed by atoms with Crippen molar-refractivity contribution >= 4 is 11.6 Å². The van der Waals surface area contributed by atoms with Gasteiger partial charge in [0, 0.05) is 11.1 Å². The Bertz CT molecular complexity index is 1060. The maximum atomic E-state index is 13.2. The molecule has 28 heavy (non-hydrogen) atoms. The SMILES string of the molecule is COc1ccc(C#CC2(O)C(=O)N(Cc3ccccc3)c3ccccc32)cc1. The molecule has 1 amide bonds. The van der Waals surface area contributed by atoms with E-state index in [4.69, 9.17) is 4.74 Å². The maximum Gasteiger partial charge on any atom is 0.276 e. The van der Waals surface area contributed by atoms with Gasteiger partial charge < -0.3 is 14.7 Å². The van der Waals surface area contributed by atoms with E-state index in [9.17, 15) is 9.90 Å². The van der Waals surface area contributed by atoms with Crippen molar-refractivity contribution in [2.45, 2.75) is 12.1 Å². The summed E-state index contributed by atoms with van der Waals surface area (Å²) in [6.45, 7) is 0.378. The van der Waals surface area contributed by atoms with Crippen LogP contribution in [0.4, 0.5) is 5.69 Å². The van der Waals surface area contributed by atoms with Crippen molar-refractivity contribution in [3.63, 3.8) is 0 Å². The van der Waals surface area contributed by atoms with Crippen LogP contribution in [0.5, 0.6) is 5.75 Å². The van der Waals surface area contributed by atoms with Crippen LogP contribution in [0.3, 0.4) is 0 Å². The number of benzene rings is 3. The standard InChI is InChI=1S/C24H19NO3/c1-28-20-13-11-18(12-14-20)15-16-24(27)21-9-5-6-10-22(21)25(23(24)26)17-19-7-3-2-4-8-19/h2-14,27H,17H2,1H3. The molecule has 138 valence electrons. The highest BCUT2D eigenvalue weighted by Gasteiger charge is 2.48. The zero-order chi connectivity index (χ0) is 19.6. The number of rotatable bonds is 3. The number of aliphatic hydroxyl groups is 1. The largest absolute Gasteiger partial charge is 0.497 e. The number of fused-ring (bicyclic) bond motifs is 1. The Balaban J connectivity index is 1.71. The molecule has 1 heterocycles. The summed E-state index contributed by atoms with van der Waals surface area (Å²) in [6.07, 6.45) is 0. The molecule has 1 unspecified atom stereocenters. The van der Waals surface area contributed by atoms with E-state index in [1.54, 1.807) is 48.4 Å². The van der Waals surface area contributed by atoms with Crippen molar-refractivity contribution in [3.05, 3.63) is 95.6 Å². The van der Waals surface area contributed by atoms with E-state index < -0.39 is 11.5 Å². The molecule has 0 radical (unpaired) electrons. The Morgan fingerprint density at radius 3 is 2.36 bits per heavy atom. The van der Waals surface area contributed by atoms with Gasteiger partial charge in [-0.25, -0.2) is 0 Å². The number of carbonyl (C=O) groups is 1. The molecule has 0 aromatic heterocycles. The Morgan fingerprint density at radius 1 is 0.964 bits per heavy atom. The lowest BCUT2D eigenvalue weighted by Gasteiger charge is -2.19. The third-order valence-electron chi connectivity index (χ3n) is 4.80. The van der Waals surface area contributed by atoms with Gasteiger partial charge in [0.05, 0.1) is 19.3 Å². The Morgan fingerprint density at radius 2 is 1.64 bits per heavy atom. The lowest BCUT2D eigenvalue weighted by atomic mass is 9.95. The van der Waals surface area contributed by atoms with Gasteiger partial charge in [0.15, 0.2) is 0 Å². The highest BCUT2D eigenvalue weighted by Crippen LogP contribution is 2.40. The lowest BCUT2D eigenvalue weighted by molar-refractivity contribution is -0.130. The summed E-state index contributed by atoms with van der Waals surface area (Å²) in [7, 11) is 1.60. The predicted octanol–water partition coefficient (Wildman–Crippen LogP) is 3.48. The second kappa shape index (κ2) is 7.22. The van der Waals surface area contributed by atoms with Crippen molar-refractivity contribution < 1.29 is 14.6 Å². The fourth-order valence-corrected chi connectivity index (χ4v) is 3.32. The second-order valence-electron chi connectivity index (χ2n) is 6.58. The smallest absolute Gasteiger partial charge is 0.276 e. The normalized spacial score (nSPS) is 17.6. The van der Waals surface area contributed by atoms with Gasteiger partial charge in [0.2, 0.25) is 5.60 Å². The van der Waals surface area contributed by atoms with Crippen molar-refractivity contribution in [1.82, 2.24) is 0 Å². The van der Waals surface area contributed by atoms with Crippen molar-refractivity contribution in [3.8, 4) is 17.6 Å². The zero-order valence-electron chi connectivity index (χ0n) is 15.4. The Hall–Kier alpha value is -3.55. The number of ether oxygens (including phenoxy) is 1. The number of para-hydroxylation sites is 1. The highest BCUT2D eigenvalue weighted by atomic mass is 16.5. The molecule has 1 atom stereocenters. The first kappa shape index (κ1) is 17.8. The molecular weight excluding hydrogens is 350 g/mol. The van der Waals surface area contributed by atoms with Crippen molar-refractivity contribution in [2.75, 3.05) is 12.0 Å². The number of nitrogens with zero attached hydrogens (tertiary/aromatic N) is 1. The van der Waals surface area contributed by atoms with Crippen LogP contribution in [0.2, 0.25) is 0 Å². The number of hydrogen-bond acceptors (Lipinski definition) is 3. The van der Waals surface area contributed by atoms with Gasteiger partial charge in [-0.3, -0.25) is 4.79 Å². The summed E-state index contributed by atoms with van der Waals surface area (Å²) in [5, 5.41) is 11.2. The first-order valence-corrected chi connectivity index (χ1v) is 8.97. The van der Waals surface area contributed by atoms with Crippen LogP contribution in [0.1, 0.15) is 16.7 Å². The summed E-state index contributed by atoms with van der Waals surface area (Å²) < 4.78 is 5.14. The highest BCUT2D eigenvalue weighted by molar-refractivity contribution is 6.09. The molecule has 1 aliphatic rings. The van der Waals surface area contributed by atoms with Crippen LogP contribution in [0.25, 0.3) is 0 Å². The molecule has 0 saturated carbocycles. The molecule has 4 rings (SSSR count). The first-order chi connectivity index (χ1) is 13.6. The van der Waals surface area contributed by atoms with E-state index in [0.717, 1.165) is 11.3 Å². The minimum absolute atomic E-state index is 0.378. The molecule has 3 aromatic rings. The molecule has 1 N–H and O–H groups in total. The monoisotopic (exact) mass is 369 g/mol. The average molecular weight is 369 g/mol. The van der Waals surface area contributed by atoms with Crippen LogP contribution >= 0.6 is 0 Å². The number of amides is 1. The van der Waals surface area contributed by atoms with Gasteiger partial charge in [-0.1, -0.05) is 54.5 Å². The van der Waals surface area contributed by atoms with Gasteiger partial charge >= 0.3 is 0 Å². The summed E-state index contributed by atoms with van der Waals surface area (Å²) in [6, 6.07) is 24.1. The fourth-order valence-electron chi connectivity index (χ4n) is 3.32. The Kier molecular flexibility index (Phi) is 4.60. The van der Waals surface area contributed by atoms with Gasteiger partial charge in [-0.2, -0.15) is 0 Å². The minimum Gasteiger partial charge on any atom is -0.497 e. The average Bonchev–Trinajstić information content (AvgIpc) is 2.96. The van der Waals surface area contributed by atoms with Crippen LogP contribution in [0.15, 0.2) is 78.9 Å². The zero-order valence-corrected chi connectivity index (χ0v) is 15.4. The molecule has 0 aliphatic carbocycles. The summed E-state index contributed by atoms with van der Waals surface area (Å²) >= 11 is 0. The molecule has 0 fully saturated rings. The van der Waals surface area contributed by atoms with Crippen molar-refractivity contribution in [2.24, 2.45) is 0 Å². The van der Waals surface area contributed by atoms with Crippen LogP contribution in [-0.2, 0) is 16.9 Å². The van der Waals surface area contributed by atoms with E-state index in [0.29, 0.717) is 23.4 Å². The Labute approximate surface area is 164 Å². The van der Waals surface area contributed by atoms with E-state index >= 15 is 0 Å². The fraction of sp³-hybridized carbons (Fsp3) is 0.125. The molecule has 0 saturated heterocycles. The number of carbonyl (C=O) groups excluding carboxylic acids is 1. The van der Waals surface area contributed by atoms with Crippen LogP contribution in [-0.4, -0.2) is 18.1 Å². The van der Waals surface area contributed by atoms with Gasteiger partial charge in [0.1, 0.15) is 5.75 Å². The molecule has 1 aliphatic heterocycles. The predicted molar refractivity (Wildman–Crippen MR) is 108 cm³/mol. The molecule has 4 nitrogen and oxygen atoms in total. The van der Waals surface area contributed by atoms with E-state index in [2.05, 4.69) is 11.8 Å². The van der Waals surface area contributed by atoms with E-state index in [-0.39, 0.29) is 0 Å². The molecule has 0 spiro atoms. The van der Waals surface area contributed by atoms with Gasteiger partial charge in [-0.15, -0.1) is 0 Å². The number of methoxy groups -OCH3 is 1. The summed E-state index contributed by atoms with van der Waals surface area (Å²) in [5.74, 6) is 6.03. The minimum atomic E-state index is -1.87. The molecule has 0 bridgehead atoms. The van der Waals surface area contributed by atoms with Gasteiger partial charge in [0.25, 0.3) is 5.91 Å². The number of anilines is 1. The van der Waals surface area contributed by atoms with Crippen LogP contribution in [0, 0.1) is 11.8 Å². The first-order valence-electron chi connectivity index (χ1n) is 8.97. The lowest BCUT2D eigenvalue weighted by Crippen LogP contribution is -2.39. The third kappa shape index (κ3) is 3.13. The van der Waals surface area contributed by atoms with E-state index in [1.165, 1.54) is 0 Å². The molecule has 3 aromatic carbocycles. The van der Waals surface area contributed by atoms with E-state index in [1.807, 2.05) is 42.5 Å². The topological polar surface area (TPSA) is 49.8 Å². The van der Waals surface area contributed by atoms with Crippen LogP contribution < -0.4 is 9.64 Å². The molecule has 4 heteroatoms.